The zero-order chi connectivity index (χ0) is 11.7. The topological polar surface area (TPSA) is 25.8 Å². The summed E-state index contributed by atoms with van der Waals surface area (Å²) in [6.45, 7) is 8.72. The van der Waals surface area contributed by atoms with Gasteiger partial charge in [-0.3, -0.25) is 0 Å². The third-order valence-corrected chi connectivity index (χ3v) is 2.90. The minimum absolute atomic E-state index is 0.428. The van der Waals surface area contributed by atoms with Gasteiger partial charge in [-0.05, 0) is 29.5 Å². The van der Waals surface area contributed by atoms with Gasteiger partial charge in [-0.2, -0.15) is 10.2 Å². The van der Waals surface area contributed by atoms with Gasteiger partial charge in [0.05, 0.1) is 11.2 Å². The van der Waals surface area contributed by atoms with Crippen LogP contribution in [0, 0.1) is 0 Å². The van der Waals surface area contributed by atoms with Crippen molar-refractivity contribution in [1.29, 1.82) is 0 Å². The van der Waals surface area contributed by atoms with Crippen molar-refractivity contribution in [3.63, 3.8) is 0 Å². The van der Waals surface area contributed by atoms with E-state index in [0.29, 0.717) is 11.8 Å². The summed E-state index contributed by atoms with van der Waals surface area (Å²) in [5.41, 5.74) is 3.42. The van der Waals surface area contributed by atoms with Crippen LogP contribution in [0.2, 0.25) is 0 Å². The Bertz CT molecular complexity index is 501. The standard InChI is InChI=1S/C14H18N2/c1-9(2)11-6-5-7-13-12(11)8-14(10(3)4)16-15-13/h5-10H,1-4H3. The molecule has 2 aromatic rings. The van der Waals surface area contributed by atoms with Gasteiger partial charge in [0.2, 0.25) is 0 Å². The van der Waals surface area contributed by atoms with E-state index in [1.54, 1.807) is 0 Å². The van der Waals surface area contributed by atoms with Crippen LogP contribution in [-0.4, -0.2) is 10.2 Å². The fourth-order valence-electron chi connectivity index (χ4n) is 1.89. The first-order valence-corrected chi connectivity index (χ1v) is 5.86. The maximum atomic E-state index is 4.30. The summed E-state index contributed by atoms with van der Waals surface area (Å²) >= 11 is 0. The third kappa shape index (κ3) is 1.92. The third-order valence-electron chi connectivity index (χ3n) is 2.90. The lowest BCUT2D eigenvalue weighted by atomic mass is 9.97. The van der Waals surface area contributed by atoms with Gasteiger partial charge in [0, 0.05) is 5.39 Å². The first kappa shape index (κ1) is 11.1. The Morgan fingerprint density at radius 1 is 0.938 bits per heavy atom. The van der Waals surface area contributed by atoms with Crippen LogP contribution in [0.5, 0.6) is 0 Å². The van der Waals surface area contributed by atoms with E-state index in [1.165, 1.54) is 10.9 Å². The molecule has 0 saturated heterocycles. The number of rotatable bonds is 2. The Hall–Kier alpha value is -1.44. The van der Waals surface area contributed by atoms with Gasteiger partial charge >= 0.3 is 0 Å². The van der Waals surface area contributed by atoms with Gasteiger partial charge in [0.25, 0.3) is 0 Å². The minimum Gasteiger partial charge on any atom is -0.155 e. The van der Waals surface area contributed by atoms with Crippen molar-refractivity contribution in [2.75, 3.05) is 0 Å². The van der Waals surface area contributed by atoms with Crippen molar-refractivity contribution in [3.05, 3.63) is 35.5 Å². The first-order valence-electron chi connectivity index (χ1n) is 5.86. The van der Waals surface area contributed by atoms with E-state index >= 15 is 0 Å². The number of hydrogen-bond acceptors (Lipinski definition) is 2. The molecule has 0 fully saturated rings. The Balaban J connectivity index is 2.68. The van der Waals surface area contributed by atoms with Crippen LogP contribution >= 0.6 is 0 Å². The van der Waals surface area contributed by atoms with Gasteiger partial charge in [-0.15, -0.1) is 0 Å². The molecule has 0 amide bonds. The number of benzene rings is 1. The highest BCUT2D eigenvalue weighted by Crippen LogP contribution is 2.25. The van der Waals surface area contributed by atoms with E-state index in [2.05, 4.69) is 56.1 Å². The van der Waals surface area contributed by atoms with E-state index in [0.717, 1.165) is 11.2 Å². The van der Waals surface area contributed by atoms with Crippen molar-refractivity contribution in [2.45, 2.75) is 39.5 Å². The molecule has 1 heterocycles. The maximum absolute atomic E-state index is 4.30. The molecule has 0 bridgehead atoms. The van der Waals surface area contributed by atoms with Gasteiger partial charge < -0.3 is 0 Å². The van der Waals surface area contributed by atoms with Crippen LogP contribution in [-0.2, 0) is 0 Å². The molecule has 0 radical (unpaired) electrons. The van der Waals surface area contributed by atoms with Crippen molar-refractivity contribution < 1.29 is 0 Å². The van der Waals surface area contributed by atoms with Gasteiger partial charge in [0.15, 0.2) is 0 Å². The molecule has 0 aliphatic rings. The molecular formula is C14H18N2. The molecule has 84 valence electrons. The Labute approximate surface area is 96.7 Å². The Kier molecular flexibility index (Phi) is 2.90. The van der Waals surface area contributed by atoms with Crippen LogP contribution in [0.15, 0.2) is 24.3 Å². The largest absolute Gasteiger partial charge is 0.155 e. The average molecular weight is 214 g/mol. The first-order chi connectivity index (χ1) is 7.59. The molecule has 0 spiro atoms. The molecule has 0 unspecified atom stereocenters. The Morgan fingerprint density at radius 3 is 2.31 bits per heavy atom. The summed E-state index contributed by atoms with van der Waals surface area (Å²) in [4.78, 5) is 0. The molecule has 0 N–H and O–H groups in total. The summed E-state index contributed by atoms with van der Waals surface area (Å²) < 4.78 is 0. The number of hydrogen-bond donors (Lipinski definition) is 0. The SMILES string of the molecule is CC(C)c1cc2c(C(C)C)cccc2nn1. The van der Waals surface area contributed by atoms with Crippen molar-refractivity contribution in [1.82, 2.24) is 10.2 Å². The monoisotopic (exact) mass is 214 g/mol. The van der Waals surface area contributed by atoms with Crippen LogP contribution in [0.4, 0.5) is 0 Å². The number of nitrogens with zero attached hydrogens (tertiary/aromatic N) is 2. The second-order valence-electron chi connectivity index (χ2n) is 4.86. The predicted octanol–water partition coefficient (Wildman–Crippen LogP) is 3.88. The summed E-state index contributed by atoms with van der Waals surface area (Å²) in [7, 11) is 0. The van der Waals surface area contributed by atoms with Crippen molar-refractivity contribution in [2.24, 2.45) is 0 Å². The molecule has 0 atom stereocenters. The molecule has 16 heavy (non-hydrogen) atoms. The zero-order valence-electron chi connectivity index (χ0n) is 10.4. The second kappa shape index (κ2) is 4.20. The van der Waals surface area contributed by atoms with E-state index in [4.69, 9.17) is 0 Å². The van der Waals surface area contributed by atoms with Crippen molar-refractivity contribution in [3.8, 4) is 0 Å². The van der Waals surface area contributed by atoms with Crippen LogP contribution < -0.4 is 0 Å². The van der Waals surface area contributed by atoms with E-state index in [1.807, 2.05) is 6.07 Å². The normalized spacial score (nSPS) is 11.6. The molecule has 2 heteroatoms. The summed E-state index contributed by atoms with van der Waals surface area (Å²) in [6, 6.07) is 8.45. The van der Waals surface area contributed by atoms with Gasteiger partial charge in [-0.1, -0.05) is 39.8 Å². The molecule has 1 aromatic heterocycles. The molecule has 0 saturated carbocycles. The zero-order valence-corrected chi connectivity index (χ0v) is 10.4. The van der Waals surface area contributed by atoms with Crippen LogP contribution in [0.3, 0.4) is 0 Å². The van der Waals surface area contributed by atoms with Gasteiger partial charge in [-0.25, -0.2) is 0 Å². The molecule has 0 aliphatic carbocycles. The smallest absolute Gasteiger partial charge is 0.0932 e. The summed E-state index contributed by atoms with van der Waals surface area (Å²) in [5, 5.41) is 9.80. The molecule has 2 rings (SSSR count). The molecule has 1 aromatic carbocycles. The lowest BCUT2D eigenvalue weighted by Gasteiger charge is -2.11. The minimum atomic E-state index is 0.428. The lowest BCUT2D eigenvalue weighted by Crippen LogP contribution is -1.98. The van der Waals surface area contributed by atoms with E-state index < -0.39 is 0 Å². The quantitative estimate of drug-likeness (QED) is 0.758. The van der Waals surface area contributed by atoms with E-state index in [9.17, 15) is 0 Å². The highest BCUT2D eigenvalue weighted by Gasteiger charge is 2.08. The second-order valence-corrected chi connectivity index (χ2v) is 4.86. The van der Waals surface area contributed by atoms with Crippen molar-refractivity contribution >= 4 is 10.9 Å². The molecule has 0 aliphatic heterocycles. The highest BCUT2D eigenvalue weighted by atomic mass is 15.1. The summed E-state index contributed by atoms with van der Waals surface area (Å²) in [5.74, 6) is 0.949. The fourth-order valence-corrected chi connectivity index (χ4v) is 1.89. The van der Waals surface area contributed by atoms with Crippen LogP contribution in [0.25, 0.3) is 10.9 Å². The highest BCUT2D eigenvalue weighted by molar-refractivity contribution is 5.82. The summed E-state index contributed by atoms with van der Waals surface area (Å²) in [6.07, 6.45) is 0. The predicted molar refractivity (Wildman–Crippen MR) is 67.7 cm³/mol. The average Bonchev–Trinajstić information content (AvgIpc) is 2.27. The fraction of sp³-hybridized carbons (Fsp3) is 0.429. The molecule has 2 nitrogen and oxygen atoms in total. The number of aromatic nitrogens is 2. The molecular weight excluding hydrogens is 196 g/mol. The van der Waals surface area contributed by atoms with Gasteiger partial charge in [0.1, 0.15) is 0 Å². The maximum Gasteiger partial charge on any atom is 0.0932 e. The Morgan fingerprint density at radius 2 is 1.69 bits per heavy atom. The lowest BCUT2D eigenvalue weighted by molar-refractivity contribution is 0.792. The van der Waals surface area contributed by atoms with E-state index in [-0.39, 0.29) is 0 Å². The van der Waals surface area contributed by atoms with Crippen LogP contribution in [0.1, 0.15) is 50.8 Å². The number of fused-ring (bicyclic) bond motifs is 1.